The van der Waals surface area contributed by atoms with E-state index in [4.69, 9.17) is 0 Å². The van der Waals surface area contributed by atoms with Crippen LogP contribution in [0.3, 0.4) is 0 Å². The molecule has 162 valence electrons. The molecule has 0 aliphatic rings. The summed E-state index contributed by atoms with van der Waals surface area (Å²) in [5, 5.41) is 24.6. The fourth-order valence-electron chi connectivity index (χ4n) is 3.30. The first kappa shape index (κ1) is 21.3. The zero-order valence-corrected chi connectivity index (χ0v) is 18.0. The van der Waals surface area contributed by atoms with Crippen LogP contribution in [0.2, 0.25) is 0 Å². The van der Waals surface area contributed by atoms with Crippen LogP contribution in [0, 0.1) is 6.92 Å². The van der Waals surface area contributed by atoms with Crippen LogP contribution in [-0.4, -0.2) is 41.2 Å². The van der Waals surface area contributed by atoms with Gasteiger partial charge in [0.1, 0.15) is 6.10 Å². The first-order valence-corrected chi connectivity index (χ1v) is 10.2. The molecule has 0 fully saturated rings. The van der Waals surface area contributed by atoms with E-state index in [0.717, 1.165) is 16.7 Å². The van der Waals surface area contributed by atoms with Crippen molar-refractivity contribution in [2.45, 2.75) is 32.9 Å². The zero-order valence-electron chi connectivity index (χ0n) is 18.0. The number of carbonyl (C=O) groups excluding carboxylic acids is 1. The van der Waals surface area contributed by atoms with E-state index in [-0.39, 0.29) is 17.8 Å². The zero-order chi connectivity index (χ0) is 22.7. The second-order valence-electron chi connectivity index (χ2n) is 7.58. The number of nitrogens with one attached hydrogen (secondary N) is 1. The smallest absolute Gasteiger partial charge is 0.251 e. The molecule has 0 aliphatic heterocycles. The predicted octanol–water partition coefficient (Wildman–Crippen LogP) is 2.97. The molecular formula is C23H23N7O2. The largest absolute Gasteiger partial charge is 0.385 e. The molecule has 4 rings (SSSR count). The van der Waals surface area contributed by atoms with Crippen molar-refractivity contribution in [3.05, 3.63) is 83.7 Å². The Morgan fingerprint density at radius 2 is 1.84 bits per heavy atom. The van der Waals surface area contributed by atoms with Crippen LogP contribution in [0.5, 0.6) is 0 Å². The molecule has 1 unspecified atom stereocenters. The van der Waals surface area contributed by atoms with Gasteiger partial charge in [-0.25, -0.2) is 0 Å². The highest BCUT2D eigenvalue weighted by Crippen LogP contribution is 2.26. The summed E-state index contributed by atoms with van der Waals surface area (Å²) < 4.78 is 1.44. The molecule has 0 saturated carbocycles. The number of amides is 1. The van der Waals surface area contributed by atoms with Gasteiger partial charge in [-0.3, -0.25) is 14.8 Å². The van der Waals surface area contributed by atoms with Crippen LogP contribution in [0.15, 0.2) is 61.1 Å². The maximum absolute atomic E-state index is 13.1. The maximum Gasteiger partial charge on any atom is 0.251 e. The van der Waals surface area contributed by atoms with Gasteiger partial charge in [-0.15, -0.1) is 5.10 Å². The number of nitrogens with zero attached hydrogens (tertiary/aromatic N) is 6. The number of tetrazole rings is 1. The van der Waals surface area contributed by atoms with E-state index < -0.39 is 6.10 Å². The third-order valence-corrected chi connectivity index (χ3v) is 5.05. The maximum atomic E-state index is 13.1. The molecule has 0 saturated heterocycles. The van der Waals surface area contributed by atoms with Crippen molar-refractivity contribution in [2.75, 3.05) is 0 Å². The van der Waals surface area contributed by atoms with E-state index in [1.54, 1.807) is 31.6 Å². The number of hydrogen-bond acceptors (Lipinski definition) is 7. The van der Waals surface area contributed by atoms with E-state index in [1.165, 1.54) is 4.68 Å². The monoisotopic (exact) mass is 429 g/mol. The van der Waals surface area contributed by atoms with Crippen LogP contribution in [0.25, 0.3) is 16.8 Å². The SMILES string of the molecule is Cc1ccc(-c2cc(C(=O)NC(C)c3cnccn3)cc(-n3nnnc3[C@H](C)O)c2)cc1. The van der Waals surface area contributed by atoms with Crippen LogP contribution in [0.4, 0.5) is 0 Å². The minimum absolute atomic E-state index is 0.273. The van der Waals surface area contributed by atoms with E-state index >= 15 is 0 Å². The van der Waals surface area contributed by atoms with E-state index in [9.17, 15) is 9.90 Å². The summed E-state index contributed by atoms with van der Waals surface area (Å²) in [6.45, 7) is 5.45. The number of aliphatic hydroxyl groups is 1. The molecular weight excluding hydrogens is 406 g/mol. The Balaban J connectivity index is 1.75. The Kier molecular flexibility index (Phi) is 6.00. The van der Waals surface area contributed by atoms with Gasteiger partial charge in [-0.1, -0.05) is 29.8 Å². The van der Waals surface area contributed by atoms with Crippen molar-refractivity contribution in [1.82, 2.24) is 35.5 Å². The average Bonchev–Trinajstić information content (AvgIpc) is 3.30. The number of aliphatic hydroxyl groups excluding tert-OH is 1. The predicted molar refractivity (Wildman–Crippen MR) is 118 cm³/mol. The third-order valence-electron chi connectivity index (χ3n) is 5.05. The molecule has 0 bridgehead atoms. The van der Waals surface area contributed by atoms with Crippen molar-refractivity contribution >= 4 is 5.91 Å². The summed E-state index contributed by atoms with van der Waals surface area (Å²) >= 11 is 0. The highest BCUT2D eigenvalue weighted by Gasteiger charge is 2.18. The number of aryl methyl sites for hydroxylation is 1. The lowest BCUT2D eigenvalue weighted by Gasteiger charge is -2.15. The van der Waals surface area contributed by atoms with Crippen LogP contribution < -0.4 is 5.32 Å². The molecule has 9 nitrogen and oxygen atoms in total. The summed E-state index contributed by atoms with van der Waals surface area (Å²) in [6, 6.07) is 13.1. The van der Waals surface area contributed by atoms with Crippen LogP contribution in [0.1, 0.15) is 53.4 Å². The second kappa shape index (κ2) is 9.03. The summed E-state index contributed by atoms with van der Waals surface area (Å²) in [4.78, 5) is 21.4. The van der Waals surface area contributed by atoms with Gasteiger partial charge in [-0.05, 0) is 60.5 Å². The lowest BCUT2D eigenvalue weighted by Crippen LogP contribution is -2.27. The minimum Gasteiger partial charge on any atom is -0.385 e. The molecule has 2 heterocycles. The Labute approximate surface area is 185 Å². The molecule has 9 heteroatoms. The summed E-state index contributed by atoms with van der Waals surface area (Å²) in [5.41, 5.74) is 4.57. The summed E-state index contributed by atoms with van der Waals surface area (Å²) in [6.07, 6.45) is 3.92. The molecule has 4 aromatic rings. The fourth-order valence-corrected chi connectivity index (χ4v) is 3.30. The van der Waals surface area contributed by atoms with Gasteiger partial charge >= 0.3 is 0 Å². The van der Waals surface area contributed by atoms with Gasteiger partial charge in [0.15, 0.2) is 5.82 Å². The molecule has 2 N–H and O–H groups in total. The molecule has 0 radical (unpaired) electrons. The Morgan fingerprint density at radius 1 is 1.06 bits per heavy atom. The number of benzene rings is 2. The van der Waals surface area contributed by atoms with Gasteiger partial charge in [0.05, 0.1) is 23.6 Å². The molecule has 32 heavy (non-hydrogen) atoms. The van der Waals surface area contributed by atoms with E-state index in [2.05, 4.69) is 30.8 Å². The number of aromatic nitrogens is 6. The second-order valence-corrected chi connectivity index (χ2v) is 7.58. The first-order chi connectivity index (χ1) is 15.4. The Bertz CT molecular complexity index is 1220. The number of rotatable bonds is 6. The normalized spacial score (nSPS) is 12.9. The molecule has 0 aliphatic carbocycles. The van der Waals surface area contributed by atoms with Crippen LogP contribution >= 0.6 is 0 Å². The Morgan fingerprint density at radius 3 is 2.53 bits per heavy atom. The molecule has 2 aromatic carbocycles. The standard InChI is InChI=1S/C23H23N7O2/c1-14-4-6-17(7-5-14)18-10-19(23(32)26-15(2)21-13-24-8-9-25-21)12-20(11-18)30-22(16(3)31)27-28-29-30/h4-13,15-16,31H,1-3H3,(H,26,32)/t15?,16-/m0/s1. The van der Waals surface area contributed by atoms with Crippen molar-refractivity contribution in [3.8, 4) is 16.8 Å². The molecule has 0 spiro atoms. The van der Waals surface area contributed by atoms with E-state index in [1.807, 2.05) is 50.2 Å². The third kappa shape index (κ3) is 4.52. The first-order valence-electron chi connectivity index (χ1n) is 10.2. The minimum atomic E-state index is -0.873. The van der Waals surface area contributed by atoms with Gasteiger partial charge in [0, 0.05) is 18.0 Å². The van der Waals surface area contributed by atoms with Gasteiger partial charge in [0.2, 0.25) is 0 Å². The lowest BCUT2D eigenvalue weighted by molar-refractivity contribution is 0.0939. The highest BCUT2D eigenvalue weighted by molar-refractivity contribution is 5.96. The van der Waals surface area contributed by atoms with Crippen molar-refractivity contribution in [2.24, 2.45) is 0 Å². The summed E-state index contributed by atoms with van der Waals surface area (Å²) in [7, 11) is 0. The van der Waals surface area contributed by atoms with E-state index in [0.29, 0.717) is 16.9 Å². The highest BCUT2D eigenvalue weighted by atomic mass is 16.3. The van der Waals surface area contributed by atoms with Crippen LogP contribution in [-0.2, 0) is 0 Å². The number of carbonyl (C=O) groups is 1. The van der Waals surface area contributed by atoms with Gasteiger partial charge < -0.3 is 10.4 Å². The molecule has 2 aromatic heterocycles. The Hall–Kier alpha value is -3.98. The van der Waals surface area contributed by atoms with Crippen molar-refractivity contribution in [1.29, 1.82) is 0 Å². The lowest BCUT2D eigenvalue weighted by atomic mass is 10.0. The van der Waals surface area contributed by atoms with Crippen molar-refractivity contribution in [3.63, 3.8) is 0 Å². The molecule has 2 atom stereocenters. The molecule has 1 amide bonds. The average molecular weight is 429 g/mol. The topological polar surface area (TPSA) is 119 Å². The number of hydrogen-bond donors (Lipinski definition) is 2. The fraction of sp³-hybridized carbons (Fsp3) is 0.217. The quantitative estimate of drug-likeness (QED) is 0.484. The van der Waals surface area contributed by atoms with Crippen molar-refractivity contribution < 1.29 is 9.90 Å². The van der Waals surface area contributed by atoms with Gasteiger partial charge in [0.25, 0.3) is 5.91 Å². The van der Waals surface area contributed by atoms with Gasteiger partial charge in [-0.2, -0.15) is 4.68 Å². The summed E-state index contributed by atoms with van der Waals surface area (Å²) in [5.74, 6) is 0.00961.